The summed E-state index contributed by atoms with van der Waals surface area (Å²) in [4.78, 5) is 23.0. The van der Waals surface area contributed by atoms with E-state index >= 15 is 0 Å². The van der Waals surface area contributed by atoms with Crippen LogP contribution in [0.15, 0.2) is 30.3 Å². The maximum absolute atomic E-state index is 11.5. The molecule has 0 aliphatic carbocycles. The first kappa shape index (κ1) is 15.2. The molecule has 0 saturated heterocycles. The van der Waals surface area contributed by atoms with Gasteiger partial charge in [0.25, 0.3) is 0 Å². The van der Waals surface area contributed by atoms with Crippen molar-refractivity contribution in [1.29, 1.82) is 0 Å². The van der Waals surface area contributed by atoms with Crippen LogP contribution in [-0.2, 0) is 16.0 Å². The quantitative estimate of drug-likeness (QED) is 0.666. The highest BCUT2D eigenvalue weighted by Gasteiger charge is 2.23. The molecule has 2 amide bonds. The largest absolute Gasteiger partial charge is 0.394 e. The molecule has 0 radical (unpaired) electrons. The second-order valence-corrected chi connectivity index (χ2v) is 4.99. The first-order valence-electron chi connectivity index (χ1n) is 6.20. The summed E-state index contributed by atoms with van der Waals surface area (Å²) in [7, 11) is 0. The molecule has 0 unspecified atom stereocenters. The number of benzene rings is 1. The first-order valence-corrected chi connectivity index (χ1v) is 6.20. The van der Waals surface area contributed by atoms with E-state index < -0.39 is 17.4 Å². The summed E-state index contributed by atoms with van der Waals surface area (Å²) < 4.78 is 0. The molecule has 1 aromatic carbocycles. The molecular formula is C14H20N2O3. The monoisotopic (exact) mass is 264 g/mol. The van der Waals surface area contributed by atoms with Crippen LogP contribution in [-0.4, -0.2) is 35.6 Å². The Balaban J connectivity index is 2.33. The van der Waals surface area contributed by atoms with Gasteiger partial charge in [-0.3, -0.25) is 9.59 Å². The summed E-state index contributed by atoms with van der Waals surface area (Å²) in [6.07, 6.45) is 0.670. The van der Waals surface area contributed by atoms with Crippen LogP contribution < -0.4 is 10.6 Å². The minimum absolute atomic E-state index is 0.226. The SMILES string of the molecule is CC(C)(CO)NC(=O)C(=O)NCCc1ccccc1. The van der Waals surface area contributed by atoms with Crippen LogP contribution in [0.5, 0.6) is 0 Å². The average molecular weight is 264 g/mol. The van der Waals surface area contributed by atoms with Crippen LogP contribution in [0.3, 0.4) is 0 Å². The van der Waals surface area contributed by atoms with Crippen molar-refractivity contribution in [2.75, 3.05) is 13.2 Å². The predicted octanol–water partition coefficient (Wildman–Crippen LogP) is 0.232. The van der Waals surface area contributed by atoms with E-state index in [-0.39, 0.29) is 6.61 Å². The Morgan fingerprint density at radius 3 is 2.37 bits per heavy atom. The summed E-state index contributed by atoms with van der Waals surface area (Å²) in [6.45, 7) is 3.45. The van der Waals surface area contributed by atoms with Crippen LogP contribution in [0.2, 0.25) is 0 Å². The number of hydrogen-bond acceptors (Lipinski definition) is 3. The molecule has 0 spiro atoms. The van der Waals surface area contributed by atoms with Crippen LogP contribution in [0.4, 0.5) is 0 Å². The lowest BCUT2D eigenvalue weighted by atomic mass is 10.1. The Morgan fingerprint density at radius 1 is 1.16 bits per heavy atom. The maximum Gasteiger partial charge on any atom is 0.309 e. The first-order chi connectivity index (χ1) is 8.94. The third-order valence-electron chi connectivity index (χ3n) is 2.60. The lowest BCUT2D eigenvalue weighted by Crippen LogP contribution is -2.51. The van der Waals surface area contributed by atoms with Crippen LogP contribution in [0.1, 0.15) is 19.4 Å². The van der Waals surface area contributed by atoms with Crippen LogP contribution >= 0.6 is 0 Å². The fourth-order valence-corrected chi connectivity index (χ4v) is 1.45. The zero-order valence-electron chi connectivity index (χ0n) is 11.3. The lowest BCUT2D eigenvalue weighted by Gasteiger charge is -2.22. The van der Waals surface area contributed by atoms with Crippen molar-refractivity contribution in [1.82, 2.24) is 10.6 Å². The van der Waals surface area contributed by atoms with Gasteiger partial charge in [0, 0.05) is 6.54 Å². The molecule has 0 aliphatic rings. The van der Waals surface area contributed by atoms with E-state index in [4.69, 9.17) is 5.11 Å². The molecule has 0 aliphatic heterocycles. The Bertz CT molecular complexity index is 430. The molecule has 1 rings (SSSR count). The van der Waals surface area contributed by atoms with Crippen molar-refractivity contribution < 1.29 is 14.7 Å². The topological polar surface area (TPSA) is 78.4 Å². The van der Waals surface area contributed by atoms with E-state index in [0.29, 0.717) is 13.0 Å². The summed E-state index contributed by atoms with van der Waals surface area (Å²) in [5.74, 6) is -1.41. The zero-order valence-corrected chi connectivity index (χ0v) is 11.3. The van der Waals surface area contributed by atoms with Crippen molar-refractivity contribution >= 4 is 11.8 Å². The van der Waals surface area contributed by atoms with Crippen molar-refractivity contribution in [2.24, 2.45) is 0 Å². The highest BCUT2D eigenvalue weighted by molar-refractivity contribution is 6.35. The highest BCUT2D eigenvalue weighted by Crippen LogP contribution is 2.00. The van der Waals surface area contributed by atoms with Gasteiger partial charge in [-0.15, -0.1) is 0 Å². The molecule has 0 fully saturated rings. The van der Waals surface area contributed by atoms with Gasteiger partial charge in [0.05, 0.1) is 12.1 Å². The predicted molar refractivity (Wildman–Crippen MR) is 72.5 cm³/mol. The molecule has 0 heterocycles. The lowest BCUT2D eigenvalue weighted by molar-refractivity contribution is -0.140. The van der Waals surface area contributed by atoms with Crippen molar-refractivity contribution in [2.45, 2.75) is 25.8 Å². The van der Waals surface area contributed by atoms with Gasteiger partial charge in [-0.2, -0.15) is 0 Å². The van der Waals surface area contributed by atoms with Gasteiger partial charge in [0.15, 0.2) is 0 Å². The molecule has 3 N–H and O–H groups in total. The van der Waals surface area contributed by atoms with Gasteiger partial charge in [-0.25, -0.2) is 0 Å². The number of rotatable bonds is 5. The van der Waals surface area contributed by atoms with E-state index in [1.165, 1.54) is 0 Å². The fraction of sp³-hybridized carbons (Fsp3) is 0.429. The number of nitrogens with one attached hydrogen (secondary N) is 2. The molecule has 0 saturated carbocycles. The Kier molecular flexibility index (Phi) is 5.51. The van der Waals surface area contributed by atoms with Crippen molar-refractivity contribution in [3.8, 4) is 0 Å². The Morgan fingerprint density at radius 2 is 1.79 bits per heavy atom. The Labute approximate surface area is 113 Å². The minimum Gasteiger partial charge on any atom is -0.394 e. The van der Waals surface area contributed by atoms with Gasteiger partial charge in [-0.1, -0.05) is 30.3 Å². The third kappa shape index (κ3) is 5.52. The van der Waals surface area contributed by atoms with Gasteiger partial charge in [-0.05, 0) is 25.8 Å². The van der Waals surface area contributed by atoms with Gasteiger partial charge in [0.2, 0.25) is 0 Å². The molecule has 19 heavy (non-hydrogen) atoms. The Hall–Kier alpha value is -1.88. The third-order valence-corrected chi connectivity index (χ3v) is 2.60. The van der Waals surface area contributed by atoms with Gasteiger partial charge in [0.1, 0.15) is 0 Å². The summed E-state index contributed by atoms with van der Waals surface area (Å²) in [5, 5.41) is 14.0. The molecule has 104 valence electrons. The van der Waals surface area contributed by atoms with Crippen LogP contribution in [0, 0.1) is 0 Å². The molecule has 1 aromatic rings. The molecule has 5 heteroatoms. The summed E-state index contributed by atoms with van der Waals surface area (Å²) in [5.41, 5.74) is 0.298. The van der Waals surface area contributed by atoms with Crippen molar-refractivity contribution in [3.63, 3.8) is 0 Å². The second-order valence-electron chi connectivity index (χ2n) is 4.99. The van der Waals surface area contributed by atoms with Crippen molar-refractivity contribution in [3.05, 3.63) is 35.9 Å². The molecular weight excluding hydrogens is 244 g/mol. The summed E-state index contributed by atoms with van der Waals surface area (Å²) in [6, 6.07) is 9.69. The zero-order chi connectivity index (χ0) is 14.3. The number of hydrogen-bond donors (Lipinski definition) is 3. The smallest absolute Gasteiger partial charge is 0.309 e. The van der Waals surface area contributed by atoms with E-state index in [1.807, 2.05) is 30.3 Å². The van der Waals surface area contributed by atoms with Crippen LogP contribution in [0.25, 0.3) is 0 Å². The van der Waals surface area contributed by atoms with E-state index in [2.05, 4.69) is 10.6 Å². The normalized spacial score (nSPS) is 10.9. The maximum atomic E-state index is 11.5. The molecule has 0 bridgehead atoms. The summed E-state index contributed by atoms with van der Waals surface area (Å²) >= 11 is 0. The highest BCUT2D eigenvalue weighted by atomic mass is 16.3. The van der Waals surface area contributed by atoms with Gasteiger partial charge >= 0.3 is 11.8 Å². The van der Waals surface area contributed by atoms with E-state index in [9.17, 15) is 9.59 Å². The standard InChI is InChI=1S/C14H20N2O3/c1-14(2,10-17)16-13(19)12(18)15-9-8-11-6-4-3-5-7-11/h3-7,17H,8-10H2,1-2H3,(H,15,18)(H,16,19). The number of carbonyl (C=O) groups is 2. The van der Waals surface area contributed by atoms with E-state index in [1.54, 1.807) is 13.8 Å². The fourth-order valence-electron chi connectivity index (χ4n) is 1.45. The number of aliphatic hydroxyl groups is 1. The molecule has 0 aromatic heterocycles. The minimum atomic E-state index is -0.798. The second kappa shape index (κ2) is 6.89. The molecule has 0 atom stereocenters. The molecule has 5 nitrogen and oxygen atoms in total. The number of carbonyl (C=O) groups excluding carboxylic acids is 2. The number of aliphatic hydroxyl groups excluding tert-OH is 1. The average Bonchev–Trinajstić information content (AvgIpc) is 2.39. The number of amides is 2. The van der Waals surface area contributed by atoms with E-state index in [0.717, 1.165) is 5.56 Å². The van der Waals surface area contributed by atoms with Gasteiger partial charge < -0.3 is 15.7 Å².